The molecule has 2 aromatic heterocycles. The van der Waals surface area contributed by atoms with Gasteiger partial charge >= 0.3 is 0 Å². The van der Waals surface area contributed by atoms with Crippen molar-refractivity contribution in [3.05, 3.63) is 59.7 Å². The topological polar surface area (TPSA) is 69.3 Å². The van der Waals surface area contributed by atoms with E-state index < -0.39 is 0 Å². The van der Waals surface area contributed by atoms with Crippen molar-refractivity contribution in [3.8, 4) is 11.3 Å². The molecule has 5 heteroatoms. The van der Waals surface area contributed by atoms with Crippen LogP contribution in [0.2, 0.25) is 0 Å². The number of aryl methyl sites for hydroxylation is 2. The largest absolute Gasteiger partial charge is 0.460 e. The Balaban J connectivity index is 1.97. The second-order valence-electron chi connectivity index (χ2n) is 4.87. The summed E-state index contributed by atoms with van der Waals surface area (Å²) in [5.74, 6) is 1.86. The molecule has 0 atom stereocenters. The fourth-order valence-electron chi connectivity index (χ4n) is 2.04. The fourth-order valence-corrected chi connectivity index (χ4v) is 2.04. The van der Waals surface area contributed by atoms with Gasteiger partial charge in [0.15, 0.2) is 0 Å². The van der Waals surface area contributed by atoms with Crippen LogP contribution >= 0.6 is 0 Å². The molecule has 3 rings (SSSR count). The zero-order valence-electron chi connectivity index (χ0n) is 11.9. The van der Waals surface area contributed by atoms with Crippen molar-refractivity contribution in [2.24, 2.45) is 5.10 Å². The molecular formula is C16H16N4O. The molecule has 0 saturated heterocycles. The van der Waals surface area contributed by atoms with Gasteiger partial charge in [-0.15, -0.1) is 0 Å². The van der Waals surface area contributed by atoms with Crippen LogP contribution in [-0.4, -0.2) is 15.9 Å². The maximum atomic E-state index is 5.89. The number of anilines is 1. The second kappa shape index (κ2) is 5.28. The highest BCUT2D eigenvalue weighted by molar-refractivity contribution is 5.76. The Morgan fingerprint density at radius 3 is 2.57 bits per heavy atom. The summed E-state index contributed by atoms with van der Waals surface area (Å²) in [6.45, 7) is 3.94. The number of benzene rings is 1. The quantitative estimate of drug-likeness (QED) is 0.749. The van der Waals surface area contributed by atoms with Gasteiger partial charge in [0.25, 0.3) is 0 Å². The van der Waals surface area contributed by atoms with E-state index in [2.05, 4.69) is 10.1 Å². The molecule has 5 nitrogen and oxygen atoms in total. The summed E-state index contributed by atoms with van der Waals surface area (Å²) in [5.41, 5.74) is 8.94. The van der Waals surface area contributed by atoms with Gasteiger partial charge in [0.05, 0.1) is 18.1 Å². The number of aromatic nitrogens is 2. The Morgan fingerprint density at radius 2 is 1.90 bits per heavy atom. The molecule has 0 aliphatic carbocycles. The Hall–Kier alpha value is -2.82. The first kappa shape index (κ1) is 13.2. The van der Waals surface area contributed by atoms with E-state index in [1.807, 2.05) is 50.2 Å². The number of nitrogens with zero attached hydrogens (tertiary/aromatic N) is 3. The van der Waals surface area contributed by atoms with E-state index in [1.54, 1.807) is 17.1 Å². The van der Waals surface area contributed by atoms with Crippen LogP contribution in [0, 0.1) is 13.8 Å². The van der Waals surface area contributed by atoms with Crippen molar-refractivity contribution < 1.29 is 4.42 Å². The molecule has 0 saturated carbocycles. The van der Waals surface area contributed by atoms with Crippen LogP contribution in [0.4, 0.5) is 5.95 Å². The minimum absolute atomic E-state index is 0.338. The van der Waals surface area contributed by atoms with E-state index in [1.165, 1.54) is 5.56 Å². The van der Waals surface area contributed by atoms with Crippen molar-refractivity contribution in [2.75, 3.05) is 5.73 Å². The molecule has 0 spiro atoms. The number of imidazole rings is 1. The summed E-state index contributed by atoms with van der Waals surface area (Å²) in [6.07, 6.45) is 3.34. The number of furan rings is 1. The molecule has 0 aliphatic rings. The number of rotatable bonds is 3. The lowest BCUT2D eigenvalue weighted by atomic mass is 10.1. The third-order valence-electron chi connectivity index (χ3n) is 3.17. The summed E-state index contributed by atoms with van der Waals surface area (Å²) in [4.78, 5) is 4.13. The van der Waals surface area contributed by atoms with Crippen molar-refractivity contribution in [1.29, 1.82) is 0 Å². The second-order valence-corrected chi connectivity index (χ2v) is 4.87. The van der Waals surface area contributed by atoms with Crippen LogP contribution in [0.3, 0.4) is 0 Å². The first-order valence-corrected chi connectivity index (χ1v) is 6.64. The molecular weight excluding hydrogens is 264 g/mol. The van der Waals surface area contributed by atoms with E-state index in [9.17, 15) is 0 Å². The van der Waals surface area contributed by atoms with E-state index in [-0.39, 0.29) is 0 Å². The van der Waals surface area contributed by atoms with E-state index in [4.69, 9.17) is 10.2 Å². The highest BCUT2D eigenvalue weighted by atomic mass is 16.3. The standard InChI is InChI=1S/C16H16N4O/c1-11-3-6-13(7-4-11)15-10-18-16(17)20(15)19-9-14-8-5-12(2)21-14/h3-10H,1-2H3,(H2,17,18). The number of nitrogens with two attached hydrogens (primary N) is 1. The zero-order valence-corrected chi connectivity index (χ0v) is 11.9. The van der Waals surface area contributed by atoms with Crippen molar-refractivity contribution in [3.63, 3.8) is 0 Å². The first-order valence-electron chi connectivity index (χ1n) is 6.64. The molecule has 0 bridgehead atoms. The summed E-state index contributed by atoms with van der Waals surface area (Å²) in [7, 11) is 0. The molecule has 0 unspecified atom stereocenters. The van der Waals surface area contributed by atoms with Gasteiger partial charge in [0.2, 0.25) is 5.95 Å². The zero-order chi connectivity index (χ0) is 14.8. The van der Waals surface area contributed by atoms with Gasteiger partial charge in [-0.1, -0.05) is 29.8 Å². The number of nitrogen functional groups attached to an aromatic ring is 1. The summed E-state index contributed by atoms with van der Waals surface area (Å²) in [5, 5.41) is 4.36. The summed E-state index contributed by atoms with van der Waals surface area (Å²) in [6, 6.07) is 11.9. The van der Waals surface area contributed by atoms with Gasteiger partial charge in [0.1, 0.15) is 11.5 Å². The third-order valence-corrected chi connectivity index (χ3v) is 3.17. The lowest BCUT2D eigenvalue weighted by molar-refractivity contribution is 0.527. The molecule has 1 aromatic carbocycles. The SMILES string of the molecule is Cc1ccc(-c2cnc(N)n2N=Cc2ccc(C)o2)cc1. The number of hydrogen-bond donors (Lipinski definition) is 1. The summed E-state index contributed by atoms with van der Waals surface area (Å²) >= 11 is 0. The Kier molecular flexibility index (Phi) is 3.31. The molecule has 0 fully saturated rings. The highest BCUT2D eigenvalue weighted by Crippen LogP contribution is 2.22. The van der Waals surface area contributed by atoms with E-state index in [0.29, 0.717) is 11.7 Å². The van der Waals surface area contributed by atoms with Crippen molar-refractivity contribution >= 4 is 12.2 Å². The molecule has 21 heavy (non-hydrogen) atoms. The van der Waals surface area contributed by atoms with Crippen LogP contribution < -0.4 is 5.73 Å². The van der Waals surface area contributed by atoms with Crippen LogP contribution in [0.1, 0.15) is 17.1 Å². The Labute approximate surface area is 122 Å². The van der Waals surface area contributed by atoms with Crippen LogP contribution in [0.25, 0.3) is 11.3 Å². The molecule has 0 radical (unpaired) electrons. The van der Waals surface area contributed by atoms with Gasteiger partial charge in [-0.05, 0) is 26.0 Å². The molecule has 3 aromatic rings. The molecule has 106 valence electrons. The highest BCUT2D eigenvalue weighted by Gasteiger charge is 2.08. The van der Waals surface area contributed by atoms with Crippen molar-refractivity contribution in [1.82, 2.24) is 9.66 Å². The normalized spacial score (nSPS) is 11.3. The smallest absolute Gasteiger partial charge is 0.221 e. The fraction of sp³-hybridized carbons (Fsp3) is 0.125. The maximum Gasteiger partial charge on any atom is 0.221 e. The Morgan fingerprint density at radius 1 is 1.14 bits per heavy atom. The minimum atomic E-state index is 0.338. The lowest BCUT2D eigenvalue weighted by Crippen LogP contribution is -1.99. The molecule has 0 aliphatic heterocycles. The lowest BCUT2D eigenvalue weighted by Gasteiger charge is -2.04. The average Bonchev–Trinajstić information content (AvgIpc) is 3.04. The predicted octanol–water partition coefficient (Wildman–Crippen LogP) is 3.22. The van der Waals surface area contributed by atoms with Gasteiger partial charge in [0, 0.05) is 5.56 Å². The predicted molar refractivity (Wildman–Crippen MR) is 83.2 cm³/mol. The van der Waals surface area contributed by atoms with E-state index in [0.717, 1.165) is 17.0 Å². The van der Waals surface area contributed by atoms with Gasteiger partial charge in [-0.25, -0.2) is 4.98 Å². The van der Waals surface area contributed by atoms with Gasteiger partial charge in [-0.3, -0.25) is 0 Å². The third kappa shape index (κ3) is 2.72. The molecule has 0 amide bonds. The maximum absolute atomic E-state index is 5.89. The van der Waals surface area contributed by atoms with Crippen LogP contribution in [0.15, 0.2) is 52.1 Å². The minimum Gasteiger partial charge on any atom is -0.460 e. The first-order chi connectivity index (χ1) is 10.1. The monoisotopic (exact) mass is 280 g/mol. The van der Waals surface area contributed by atoms with Crippen LogP contribution in [-0.2, 0) is 0 Å². The van der Waals surface area contributed by atoms with Crippen molar-refractivity contribution in [2.45, 2.75) is 13.8 Å². The molecule has 2 heterocycles. The average molecular weight is 280 g/mol. The summed E-state index contributed by atoms with van der Waals surface area (Å²) < 4.78 is 7.06. The van der Waals surface area contributed by atoms with Crippen LogP contribution in [0.5, 0.6) is 0 Å². The molecule has 2 N–H and O–H groups in total. The van der Waals surface area contributed by atoms with Gasteiger partial charge < -0.3 is 10.2 Å². The van der Waals surface area contributed by atoms with Gasteiger partial charge in [-0.2, -0.15) is 9.78 Å². The Bertz CT molecular complexity index is 781. The van der Waals surface area contributed by atoms with E-state index >= 15 is 0 Å². The number of hydrogen-bond acceptors (Lipinski definition) is 4.